The second kappa shape index (κ2) is 8.79. The van der Waals surface area contributed by atoms with Gasteiger partial charge in [0.05, 0.1) is 25.1 Å². The van der Waals surface area contributed by atoms with Crippen molar-refractivity contribution in [2.24, 2.45) is 5.92 Å². The maximum atomic E-state index is 12.0. The van der Waals surface area contributed by atoms with Crippen molar-refractivity contribution in [3.63, 3.8) is 0 Å². The highest BCUT2D eigenvalue weighted by Gasteiger charge is 2.20. The van der Waals surface area contributed by atoms with Gasteiger partial charge in [0, 0.05) is 51.4 Å². The topological polar surface area (TPSA) is 88.6 Å². The van der Waals surface area contributed by atoms with Crippen molar-refractivity contribution >= 4 is 17.4 Å². The second-order valence-electron chi connectivity index (χ2n) is 6.00. The van der Waals surface area contributed by atoms with E-state index in [9.17, 15) is 4.79 Å². The van der Waals surface area contributed by atoms with E-state index in [1.54, 1.807) is 6.20 Å². The van der Waals surface area contributed by atoms with Crippen LogP contribution in [0.15, 0.2) is 12.3 Å². The monoisotopic (exact) mass is 335 g/mol. The largest absolute Gasteiger partial charge is 0.381 e. The lowest BCUT2D eigenvalue weighted by molar-refractivity contribution is -0.127. The minimum atomic E-state index is 0.0863. The number of carbonyl (C=O) groups excluding carboxylic acids is 1. The maximum absolute atomic E-state index is 12.0. The number of aromatic nitrogens is 2. The highest BCUT2D eigenvalue weighted by molar-refractivity contribution is 5.78. The summed E-state index contributed by atoms with van der Waals surface area (Å²) in [6.45, 7) is 5.77. The number of nitrogens with zero attached hydrogens (tertiary/aromatic N) is 3. The molecule has 1 aromatic heterocycles. The van der Waals surface area contributed by atoms with Crippen molar-refractivity contribution in [3.05, 3.63) is 12.3 Å². The van der Waals surface area contributed by atoms with Gasteiger partial charge in [0.1, 0.15) is 0 Å². The van der Waals surface area contributed by atoms with Crippen LogP contribution >= 0.6 is 0 Å². The van der Waals surface area contributed by atoms with Gasteiger partial charge in [0.25, 0.3) is 0 Å². The van der Waals surface area contributed by atoms with Crippen molar-refractivity contribution in [2.45, 2.75) is 12.8 Å². The van der Waals surface area contributed by atoms with Crippen LogP contribution in [0.5, 0.6) is 0 Å². The third-order valence-electron chi connectivity index (χ3n) is 4.34. The van der Waals surface area contributed by atoms with E-state index in [4.69, 9.17) is 9.47 Å². The molecule has 24 heavy (non-hydrogen) atoms. The zero-order valence-electron chi connectivity index (χ0n) is 13.9. The van der Waals surface area contributed by atoms with E-state index in [2.05, 4.69) is 25.7 Å². The fourth-order valence-electron chi connectivity index (χ4n) is 2.92. The molecule has 132 valence electrons. The summed E-state index contributed by atoms with van der Waals surface area (Å²) in [5.74, 6) is 0.927. The quantitative estimate of drug-likeness (QED) is 0.721. The molecule has 2 aliphatic rings. The first-order chi connectivity index (χ1) is 11.8. The first-order valence-electron chi connectivity index (χ1n) is 8.57. The number of hydrogen-bond acceptors (Lipinski definition) is 7. The van der Waals surface area contributed by atoms with Gasteiger partial charge in [-0.3, -0.25) is 4.79 Å². The average Bonchev–Trinajstić information content (AvgIpc) is 2.67. The van der Waals surface area contributed by atoms with E-state index in [-0.39, 0.29) is 11.8 Å². The summed E-state index contributed by atoms with van der Waals surface area (Å²) in [7, 11) is 0. The molecule has 3 heterocycles. The second-order valence-corrected chi connectivity index (χ2v) is 6.00. The van der Waals surface area contributed by atoms with Gasteiger partial charge in [-0.25, -0.2) is 0 Å². The van der Waals surface area contributed by atoms with Crippen LogP contribution in [0.4, 0.5) is 11.5 Å². The molecule has 0 aliphatic carbocycles. The fourth-order valence-corrected chi connectivity index (χ4v) is 2.92. The summed E-state index contributed by atoms with van der Waals surface area (Å²) in [6, 6.07) is 1.98. The third-order valence-corrected chi connectivity index (χ3v) is 4.34. The molecule has 2 N–H and O–H groups in total. The highest BCUT2D eigenvalue weighted by atomic mass is 16.5. The summed E-state index contributed by atoms with van der Waals surface area (Å²) in [6.07, 6.45) is 3.39. The van der Waals surface area contributed by atoms with Crippen molar-refractivity contribution < 1.29 is 14.3 Å². The minimum absolute atomic E-state index is 0.0863. The summed E-state index contributed by atoms with van der Waals surface area (Å²) >= 11 is 0. The molecule has 0 radical (unpaired) electrons. The molecule has 0 aromatic carbocycles. The molecule has 1 aromatic rings. The summed E-state index contributed by atoms with van der Waals surface area (Å²) in [5.41, 5.74) is 1.04. The molecule has 0 bridgehead atoms. The Morgan fingerprint density at radius 2 is 1.92 bits per heavy atom. The van der Waals surface area contributed by atoms with Gasteiger partial charge < -0.3 is 25.0 Å². The summed E-state index contributed by atoms with van der Waals surface area (Å²) < 4.78 is 10.6. The molecule has 8 nitrogen and oxygen atoms in total. The molecule has 2 fully saturated rings. The van der Waals surface area contributed by atoms with E-state index >= 15 is 0 Å². The number of ether oxygens (including phenoxy) is 2. The number of rotatable bonds is 6. The Kier molecular flexibility index (Phi) is 6.20. The smallest absolute Gasteiger partial charge is 0.223 e. The molecule has 0 saturated carbocycles. The number of anilines is 2. The normalized spacial score (nSPS) is 19.1. The SMILES string of the molecule is O=C(NCCNc1cc(N2CCOCC2)cnn1)C1CCOCC1. The first-order valence-corrected chi connectivity index (χ1v) is 8.57. The van der Waals surface area contributed by atoms with Crippen molar-refractivity contribution in [3.8, 4) is 0 Å². The van der Waals surface area contributed by atoms with Crippen LogP contribution in [0.2, 0.25) is 0 Å². The van der Waals surface area contributed by atoms with Crippen LogP contribution in [-0.4, -0.2) is 68.7 Å². The molecule has 2 aliphatic heterocycles. The van der Waals surface area contributed by atoms with Crippen LogP contribution in [0.25, 0.3) is 0 Å². The Labute approximate surface area is 141 Å². The van der Waals surface area contributed by atoms with Crippen molar-refractivity contribution in [1.82, 2.24) is 15.5 Å². The number of nitrogens with one attached hydrogen (secondary N) is 2. The van der Waals surface area contributed by atoms with Crippen LogP contribution in [0.1, 0.15) is 12.8 Å². The number of amides is 1. The maximum Gasteiger partial charge on any atom is 0.223 e. The van der Waals surface area contributed by atoms with Crippen molar-refractivity contribution in [2.75, 3.05) is 62.8 Å². The third kappa shape index (κ3) is 4.78. The predicted octanol–water partition coefficient (Wildman–Crippen LogP) is 0.268. The Bertz CT molecular complexity index is 530. The molecular formula is C16H25N5O3. The lowest BCUT2D eigenvalue weighted by Crippen LogP contribution is -2.37. The Morgan fingerprint density at radius 3 is 2.71 bits per heavy atom. The van der Waals surface area contributed by atoms with Crippen LogP contribution in [0.3, 0.4) is 0 Å². The number of morpholine rings is 1. The lowest BCUT2D eigenvalue weighted by Gasteiger charge is -2.28. The zero-order valence-corrected chi connectivity index (χ0v) is 13.9. The average molecular weight is 335 g/mol. The van der Waals surface area contributed by atoms with E-state index < -0.39 is 0 Å². The van der Waals surface area contributed by atoms with E-state index in [0.717, 1.165) is 50.7 Å². The first kappa shape index (κ1) is 16.9. The van der Waals surface area contributed by atoms with Gasteiger partial charge in [0.15, 0.2) is 5.82 Å². The molecule has 3 rings (SSSR count). The predicted molar refractivity (Wildman–Crippen MR) is 90.1 cm³/mol. The Morgan fingerprint density at radius 1 is 1.17 bits per heavy atom. The molecule has 0 unspecified atom stereocenters. The standard InChI is InChI=1S/C16H25N5O3/c22-16(13-1-7-23-8-2-13)18-4-3-17-15-11-14(12-19-20-15)21-5-9-24-10-6-21/h11-13H,1-10H2,(H,17,20)(H,18,22). The molecule has 0 spiro atoms. The lowest BCUT2D eigenvalue weighted by atomic mass is 9.99. The van der Waals surface area contributed by atoms with E-state index in [1.165, 1.54) is 0 Å². The minimum Gasteiger partial charge on any atom is -0.381 e. The van der Waals surface area contributed by atoms with Crippen molar-refractivity contribution in [1.29, 1.82) is 0 Å². The van der Waals surface area contributed by atoms with Crippen LogP contribution in [-0.2, 0) is 14.3 Å². The summed E-state index contributed by atoms with van der Waals surface area (Å²) in [4.78, 5) is 14.3. The molecule has 2 saturated heterocycles. The van der Waals surface area contributed by atoms with Gasteiger partial charge in [-0.1, -0.05) is 0 Å². The molecule has 0 atom stereocenters. The van der Waals surface area contributed by atoms with Gasteiger partial charge >= 0.3 is 0 Å². The zero-order chi connectivity index (χ0) is 16.6. The van der Waals surface area contributed by atoms with Gasteiger partial charge in [0.2, 0.25) is 5.91 Å². The van der Waals surface area contributed by atoms with Gasteiger partial charge in [-0.15, -0.1) is 5.10 Å². The van der Waals surface area contributed by atoms with Gasteiger partial charge in [-0.05, 0) is 12.8 Å². The molecule has 1 amide bonds. The Balaban J connectivity index is 1.40. The van der Waals surface area contributed by atoms with Crippen LogP contribution < -0.4 is 15.5 Å². The van der Waals surface area contributed by atoms with Gasteiger partial charge in [-0.2, -0.15) is 5.10 Å². The van der Waals surface area contributed by atoms with E-state index in [1.807, 2.05) is 6.07 Å². The number of carbonyl (C=O) groups is 1. The molecular weight excluding hydrogens is 310 g/mol. The van der Waals surface area contributed by atoms with E-state index in [0.29, 0.717) is 26.3 Å². The molecule has 8 heteroatoms. The summed E-state index contributed by atoms with van der Waals surface area (Å²) in [5, 5.41) is 14.3. The van der Waals surface area contributed by atoms with Crippen LogP contribution in [0, 0.1) is 5.92 Å². The fraction of sp³-hybridized carbons (Fsp3) is 0.688. The highest BCUT2D eigenvalue weighted by Crippen LogP contribution is 2.17. The Hall–Kier alpha value is -1.93. The number of hydrogen-bond donors (Lipinski definition) is 2.